The number of hydrogen-bond acceptors (Lipinski definition) is 3. The summed E-state index contributed by atoms with van der Waals surface area (Å²) in [6.45, 7) is 1.79. The lowest BCUT2D eigenvalue weighted by molar-refractivity contribution is 0.0676. The fourth-order valence-corrected chi connectivity index (χ4v) is 4.11. The largest absolute Gasteiger partial charge is 0.338 e. The Morgan fingerprint density at radius 1 is 1.26 bits per heavy atom. The molecule has 1 aromatic rings. The number of sulfonamides is 1. The van der Waals surface area contributed by atoms with E-state index in [1.54, 1.807) is 0 Å². The van der Waals surface area contributed by atoms with Crippen LogP contribution in [0.3, 0.4) is 0 Å². The summed E-state index contributed by atoms with van der Waals surface area (Å²) in [5.41, 5.74) is 3.45. The molecule has 23 heavy (non-hydrogen) atoms. The van der Waals surface area contributed by atoms with E-state index in [9.17, 15) is 13.2 Å². The minimum atomic E-state index is -3.17. The number of hydrogen-bond donors (Lipinski definition) is 1. The first-order valence-corrected chi connectivity index (χ1v) is 10.2. The molecule has 1 heterocycles. The van der Waals surface area contributed by atoms with Gasteiger partial charge in [0.2, 0.25) is 10.0 Å². The zero-order valence-electron chi connectivity index (χ0n) is 13.5. The highest BCUT2D eigenvalue weighted by Gasteiger charge is 2.25. The average Bonchev–Trinajstić information content (AvgIpc) is 2.99. The number of carbonyl (C=O) groups excluding carboxylic acids is 1. The SMILES string of the molecule is CS(=O)(=O)NC[C@@H]1CCCN(C(=O)c2ccc3c(c2)CCC3)C1. The van der Waals surface area contributed by atoms with Crippen molar-refractivity contribution in [2.45, 2.75) is 32.1 Å². The van der Waals surface area contributed by atoms with Crippen LogP contribution in [0.5, 0.6) is 0 Å². The molecule has 0 aromatic heterocycles. The molecule has 5 nitrogen and oxygen atoms in total. The van der Waals surface area contributed by atoms with Gasteiger partial charge in [-0.05, 0) is 61.3 Å². The first kappa shape index (κ1) is 16.5. The number of amides is 1. The van der Waals surface area contributed by atoms with Crippen LogP contribution in [-0.4, -0.2) is 45.1 Å². The van der Waals surface area contributed by atoms with Crippen LogP contribution >= 0.6 is 0 Å². The number of rotatable bonds is 4. The van der Waals surface area contributed by atoms with Gasteiger partial charge in [-0.25, -0.2) is 13.1 Å². The number of likely N-dealkylation sites (tertiary alicyclic amines) is 1. The Balaban J connectivity index is 1.65. The Morgan fingerprint density at radius 3 is 2.83 bits per heavy atom. The first-order valence-electron chi connectivity index (χ1n) is 8.28. The molecular weight excluding hydrogens is 312 g/mol. The topological polar surface area (TPSA) is 66.5 Å². The van der Waals surface area contributed by atoms with E-state index in [0.29, 0.717) is 13.1 Å². The molecule has 0 saturated carbocycles. The van der Waals surface area contributed by atoms with E-state index >= 15 is 0 Å². The van der Waals surface area contributed by atoms with Crippen LogP contribution in [0.4, 0.5) is 0 Å². The molecule has 1 aliphatic heterocycles. The molecule has 2 aliphatic rings. The van der Waals surface area contributed by atoms with E-state index in [0.717, 1.165) is 37.8 Å². The van der Waals surface area contributed by atoms with Gasteiger partial charge in [-0.15, -0.1) is 0 Å². The third-order valence-corrected chi connectivity index (χ3v) is 5.48. The summed E-state index contributed by atoms with van der Waals surface area (Å²) >= 11 is 0. The number of aryl methyl sites for hydroxylation is 2. The Bertz CT molecular complexity index is 700. The molecule has 1 aromatic carbocycles. The van der Waals surface area contributed by atoms with Gasteiger partial charge in [-0.3, -0.25) is 4.79 Å². The van der Waals surface area contributed by atoms with Crippen LogP contribution in [0.15, 0.2) is 18.2 Å². The van der Waals surface area contributed by atoms with Gasteiger partial charge in [0.05, 0.1) is 6.26 Å². The molecule has 1 amide bonds. The third-order valence-electron chi connectivity index (χ3n) is 4.79. The van der Waals surface area contributed by atoms with Gasteiger partial charge in [0, 0.05) is 25.2 Å². The number of nitrogens with zero attached hydrogens (tertiary/aromatic N) is 1. The number of benzene rings is 1. The summed E-state index contributed by atoms with van der Waals surface area (Å²) in [7, 11) is -3.17. The lowest BCUT2D eigenvalue weighted by Crippen LogP contribution is -2.43. The van der Waals surface area contributed by atoms with E-state index in [2.05, 4.69) is 10.8 Å². The summed E-state index contributed by atoms with van der Waals surface area (Å²) in [5, 5.41) is 0. The maximum absolute atomic E-state index is 12.7. The van der Waals surface area contributed by atoms with Gasteiger partial charge in [0.25, 0.3) is 5.91 Å². The van der Waals surface area contributed by atoms with Crippen LogP contribution in [0.25, 0.3) is 0 Å². The van der Waals surface area contributed by atoms with Gasteiger partial charge in [-0.1, -0.05) is 6.07 Å². The van der Waals surface area contributed by atoms with Crippen molar-refractivity contribution in [2.24, 2.45) is 5.92 Å². The molecule has 1 atom stereocenters. The number of nitrogens with one attached hydrogen (secondary N) is 1. The van der Waals surface area contributed by atoms with Crippen LogP contribution < -0.4 is 4.72 Å². The molecule has 1 saturated heterocycles. The molecule has 0 unspecified atom stereocenters. The Hall–Kier alpha value is -1.40. The molecule has 0 radical (unpaired) electrons. The fraction of sp³-hybridized carbons (Fsp3) is 0.588. The number of piperidine rings is 1. The highest BCUT2D eigenvalue weighted by Crippen LogP contribution is 2.24. The standard InChI is InChI=1S/C17H24N2O3S/c1-23(21,22)18-11-13-4-3-9-19(12-13)17(20)16-8-7-14-5-2-6-15(14)10-16/h7-8,10,13,18H,2-6,9,11-12H2,1H3/t13-/m0/s1. The quantitative estimate of drug-likeness (QED) is 0.908. The lowest BCUT2D eigenvalue weighted by Gasteiger charge is -2.33. The molecule has 126 valence electrons. The van der Waals surface area contributed by atoms with E-state index in [1.165, 1.54) is 23.8 Å². The third kappa shape index (κ3) is 4.12. The summed E-state index contributed by atoms with van der Waals surface area (Å²) in [6.07, 6.45) is 6.41. The maximum Gasteiger partial charge on any atom is 0.253 e. The van der Waals surface area contributed by atoms with Gasteiger partial charge in [0.15, 0.2) is 0 Å². The number of fused-ring (bicyclic) bond motifs is 1. The minimum Gasteiger partial charge on any atom is -0.338 e. The molecule has 0 bridgehead atoms. The molecule has 1 N–H and O–H groups in total. The Morgan fingerprint density at radius 2 is 2.04 bits per heavy atom. The van der Waals surface area contributed by atoms with Gasteiger partial charge in [0.1, 0.15) is 0 Å². The van der Waals surface area contributed by atoms with Crippen molar-refractivity contribution in [3.05, 3.63) is 34.9 Å². The molecule has 3 rings (SSSR count). The van der Waals surface area contributed by atoms with Gasteiger partial charge >= 0.3 is 0 Å². The van der Waals surface area contributed by atoms with Crippen LogP contribution in [0.1, 0.15) is 40.7 Å². The maximum atomic E-state index is 12.7. The zero-order valence-corrected chi connectivity index (χ0v) is 14.4. The van der Waals surface area contributed by atoms with E-state index < -0.39 is 10.0 Å². The Labute approximate surface area is 138 Å². The van der Waals surface area contributed by atoms with Crippen molar-refractivity contribution < 1.29 is 13.2 Å². The van der Waals surface area contributed by atoms with Gasteiger partial charge < -0.3 is 4.90 Å². The molecule has 1 fully saturated rings. The number of carbonyl (C=O) groups is 1. The second-order valence-corrected chi connectivity index (χ2v) is 8.55. The monoisotopic (exact) mass is 336 g/mol. The van der Waals surface area contributed by atoms with Crippen molar-refractivity contribution in [1.29, 1.82) is 0 Å². The fourth-order valence-electron chi connectivity index (χ4n) is 3.57. The van der Waals surface area contributed by atoms with Crippen LogP contribution in [0.2, 0.25) is 0 Å². The summed E-state index contributed by atoms with van der Waals surface area (Å²) in [6, 6.07) is 6.07. The van der Waals surface area contributed by atoms with Crippen molar-refractivity contribution in [1.82, 2.24) is 9.62 Å². The Kier molecular flexibility index (Phi) is 4.73. The van der Waals surface area contributed by atoms with Crippen molar-refractivity contribution in [3.8, 4) is 0 Å². The van der Waals surface area contributed by atoms with E-state index in [-0.39, 0.29) is 11.8 Å². The molecular formula is C17H24N2O3S. The normalized spacial score (nSPS) is 21.3. The van der Waals surface area contributed by atoms with Crippen LogP contribution in [-0.2, 0) is 22.9 Å². The summed E-state index contributed by atoms with van der Waals surface area (Å²) < 4.78 is 25.0. The first-order chi connectivity index (χ1) is 10.9. The van der Waals surface area contributed by atoms with Crippen LogP contribution in [0, 0.1) is 5.92 Å². The molecule has 6 heteroatoms. The predicted octanol–water partition coefficient (Wildman–Crippen LogP) is 1.58. The second-order valence-electron chi connectivity index (χ2n) is 6.72. The average molecular weight is 336 g/mol. The zero-order chi connectivity index (χ0) is 16.4. The molecule has 0 spiro atoms. The van der Waals surface area contributed by atoms with Crippen molar-refractivity contribution >= 4 is 15.9 Å². The smallest absolute Gasteiger partial charge is 0.253 e. The minimum absolute atomic E-state index is 0.0729. The highest BCUT2D eigenvalue weighted by atomic mass is 32.2. The summed E-state index contributed by atoms with van der Waals surface area (Å²) in [5.74, 6) is 0.264. The lowest BCUT2D eigenvalue weighted by atomic mass is 9.97. The van der Waals surface area contributed by atoms with Gasteiger partial charge in [-0.2, -0.15) is 0 Å². The predicted molar refractivity (Wildman–Crippen MR) is 89.9 cm³/mol. The molecule has 1 aliphatic carbocycles. The highest BCUT2D eigenvalue weighted by molar-refractivity contribution is 7.88. The van der Waals surface area contributed by atoms with E-state index in [1.807, 2.05) is 17.0 Å². The van der Waals surface area contributed by atoms with E-state index in [4.69, 9.17) is 0 Å². The van der Waals surface area contributed by atoms with Crippen molar-refractivity contribution in [2.75, 3.05) is 25.9 Å². The second kappa shape index (κ2) is 6.61. The van der Waals surface area contributed by atoms with Crippen molar-refractivity contribution in [3.63, 3.8) is 0 Å². The summed E-state index contributed by atoms with van der Waals surface area (Å²) in [4.78, 5) is 14.6.